The molecule has 0 saturated heterocycles. The SMILES string of the molecule is NCCS(=O)(=O)CN. The molecule has 4 nitrogen and oxygen atoms in total. The van der Waals surface area contributed by atoms with Gasteiger partial charge < -0.3 is 11.5 Å². The Balaban J connectivity index is 3.76. The van der Waals surface area contributed by atoms with Gasteiger partial charge in [-0.25, -0.2) is 8.42 Å². The average molecular weight is 138 g/mol. The Bertz CT molecular complexity index is 139. The van der Waals surface area contributed by atoms with E-state index < -0.39 is 9.84 Å². The second-order valence-corrected chi connectivity index (χ2v) is 3.63. The molecule has 4 N–H and O–H groups in total. The molecule has 0 unspecified atom stereocenters. The van der Waals surface area contributed by atoms with Gasteiger partial charge in [0, 0.05) is 6.54 Å². The van der Waals surface area contributed by atoms with Gasteiger partial charge in [-0.3, -0.25) is 0 Å². The maximum absolute atomic E-state index is 10.4. The van der Waals surface area contributed by atoms with Crippen LogP contribution in [0.25, 0.3) is 0 Å². The number of hydrogen-bond donors (Lipinski definition) is 2. The number of nitrogens with two attached hydrogens (primary N) is 2. The van der Waals surface area contributed by atoms with E-state index in [0.717, 1.165) is 0 Å². The Hall–Kier alpha value is -0.130. The number of sulfone groups is 1. The second-order valence-electron chi connectivity index (χ2n) is 1.40. The molecule has 0 rings (SSSR count). The molecule has 0 spiro atoms. The van der Waals surface area contributed by atoms with Crippen LogP contribution in [-0.2, 0) is 9.84 Å². The Morgan fingerprint density at radius 1 is 1.25 bits per heavy atom. The molecule has 5 heteroatoms. The van der Waals surface area contributed by atoms with Crippen LogP contribution in [0.2, 0.25) is 0 Å². The first kappa shape index (κ1) is 7.87. The molecule has 0 aliphatic rings. The van der Waals surface area contributed by atoms with E-state index in [9.17, 15) is 8.42 Å². The predicted octanol–water partition coefficient (Wildman–Crippen LogP) is -1.72. The van der Waals surface area contributed by atoms with Crippen LogP contribution >= 0.6 is 0 Å². The molecule has 50 valence electrons. The normalized spacial score (nSPS) is 11.8. The van der Waals surface area contributed by atoms with Crippen LogP contribution in [0.1, 0.15) is 0 Å². The zero-order valence-electron chi connectivity index (χ0n) is 4.50. The molecule has 0 aromatic heterocycles. The summed E-state index contributed by atoms with van der Waals surface area (Å²) in [6.45, 7) is 0.152. The highest BCUT2D eigenvalue weighted by atomic mass is 32.2. The van der Waals surface area contributed by atoms with E-state index in [4.69, 9.17) is 11.5 Å². The molecule has 0 saturated carbocycles. The molecule has 0 aromatic rings. The molecular weight excluding hydrogens is 128 g/mol. The van der Waals surface area contributed by atoms with E-state index in [2.05, 4.69) is 0 Å². The van der Waals surface area contributed by atoms with Crippen LogP contribution in [0.5, 0.6) is 0 Å². The lowest BCUT2D eigenvalue weighted by Crippen LogP contribution is -2.22. The van der Waals surface area contributed by atoms with E-state index >= 15 is 0 Å². The number of rotatable bonds is 3. The quantitative estimate of drug-likeness (QED) is 0.485. The second kappa shape index (κ2) is 3.01. The van der Waals surface area contributed by atoms with Crippen molar-refractivity contribution in [2.24, 2.45) is 11.5 Å². The summed E-state index contributed by atoms with van der Waals surface area (Å²) in [4.78, 5) is 0. The minimum absolute atomic E-state index is 0.0104. The van der Waals surface area contributed by atoms with Crippen LogP contribution in [-0.4, -0.2) is 26.6 Å². The van der Waals surface area contributed by atoms with Crippen LogP contribution in [0.4, 0.5) is 0 Å². The third-order valence-electron chi connectivity index (χ3n) is 0.683. The molecule has 0 heterocycles. The maximum Gasteiger partial charge on any atom is 0.164 e. The molecule has 0 fully saturated rings. The number of hydrogen-bond acceptors (Lipinski definition) is 4. The lowest BCUT2D eigenvalue weighted by molar-refractivity contribution is 0.596. The van der Waals surface area contributed by atoms with Crippen molar-refractivity contribution in [3.05, 3.63) is 0 Å². The van der Waals surface area contributed by atoms with E-state index in [1.54, 1.807) is 0 Å². The lowest BCUT2D eigenvalue weighted by atomic mass is 10.8. The van der Waals surface area contributed by atoms with Gasteiger partial charge in [0.15, 0.2) is 9.84 Å². The van der Waals surface area contributed by atoms with Gasteiger partial charge in [0.2, 0.25) is 0 Å². The van der Waals surface area contributed by atoms with Gasteiger partial charge in [-0.15, -0.1) is 0 Å². The molecule has 8 heavy (non-hydrogen) atoms. The van der Waals surface area contributed by atoms with Crippen LogP contribution < -0.4 is 11.5 Å². The summed E-state index contributed by atoms with van der Waals surface area (Å²) in [5, 5.41) is 0. The van der Waals surface area contributed by atoms with Gasteiger partial charge in [0.05, 0.1) is 11.6 Å². The predicted molar refractivity (Wildman–Crippen MR) is 31.9 cm³/mol. The van der Waals surface area contributed by atoms with Crippen molar-refractivity contribution in [3.63, 3.8) is 0 Å². The fourth-order valence-electron chi connectivity index (χ4n) is 0.263. The van der Waals surface area contributed by atoms with Gasteiger partial charge >= 0.3 is 0 Å². The first-order valence-corrected chi connectivity index (χ1v) is 4.05. The Morgan fingerprint density at radius 2 is 1.75 bits per heavy atom. The largest absolute Gasteiger partial charge is 0.329 e. The molecule has 0 aliphatic heterocycles. The summed E-state index contributed by atoms with van der Waals surface area (Å²) in [6, 6.07) is 0. The average Bonchev–Trinajstić information content (AvgIpc) is 1.67. The Morgan fingerprint density at radius 3 is 1.88 bits per heavy atom. The topological polar surface area (TPSA) is 86.2 Å². The fraction of sp³-hybridized carbons (Fsp3) is 1.00. The lowest BCUT2D eigenvalue weighted by Gasteiger charge is -1.93. The highest BCUT2D eigenvalue weighted by Crippen LogP contribution is 1.80. The van der Waals surface area contributed by atoms with Crippen molar-refractivity contribution in [2.45, 2.75) is 0 Å². The molecule has 0 atom stereocenters. The van der Waals surface area contributed by atoms with E-state index in [1.807, 2.05) is 0 Å². The zero-order chi connectivity index (χ0) is 6.62. The minimum atomic E-state index is -3.02. The molecule has 0 aliphatic carbocycles. The molecule has 0 radical (unpaired) electrons. The van der Waals surface area contributed by atoms with Crippen molar-refractivity contribution in [1.82, 2.24) is 0 Å². The standard InChI is InChI=1S/C3H10N2O2S/c4-1-2-8(6,7)3-5/h1-5H2. The van der Waals surface area contributed by atoms with Crippen molar-refractivity contribution in [1.29, 1.82) is 0 Å². The first-order valence-electron chi connectivity index (χ1n) is 2.23. The highest BCUT2D eigenvalue weighted by Gasteiger charge is 2.03. The monoisotopic (exact) mass is 138 g/mol. The van der Waals surface area contributed by atoms with E-state index in [0.29, 0.717) is 0 Å². The van der Waals surface area contributed by atoms with Gasteiger partial charge in [-0.05, 0) is 0 Å². The van der Waals surface area contributed by atoms with Crippen molar-refractivity contribution >= 4 is 9.84 Å². The summed E-state index contributed by atoms with van der Waals surface area (Å²) in [7, 11) is -3.02. The minimum Gasteiger partial charge on any atom is -0.329 e. The smallest absolute Gasteiger partial charge is 0.164 e. The summed E-state index contributed by atoms with van der Waals surface area (Å²) >= 11 is 0. The zero-order valence-corrected chi connectivity index (χ0v) is 5.32. The van der Waals surface area contributed by atoms with E-state index in [-0.39, 0.29) is 18.2 Å². The summed E-state index contributed by atoms with van der Waals surface area (Å²) in [5.41, 5.74) is 9.80. The van der Waals surface area contributed by atoms with Crippen LogP contribution in [0.15, 0.2) is 0 Å². The molecule has 0 bridgehead atoms. The highest BCUT2D eigenvalue weighted by molar-refractivity contribution is 7.91. The Labute approximate surface area is 48.8 Å². The first-order chi connectivity index (χ1) is 3.62. The van der Waals surface area contributed by atoms with Gasteiger partial charge in [-0.2, -0.15) is 0 Å². The molecule has 0 aromatic carbocycles. The Kier molecular flexibility index (Phi) is 2.96. The molecular formula is C3H10N2O2S. The van der Waals surface area contributed by atoms with Crippen molar-refractivity contribution < 1.29 is 8.42 Å². The van der Waals surface area contributed by atoms with Gasteiger partial charge in [0.1, 0.15) is 0 Å². The van der Waals surface area contributed by atoms with Gasteiger partial charge in [-0.1, -0.05) is 0 Å². The third kappa shape index (κ3) is 2.95. The van der Waals surface area contributed by atoms with Crippen LogP contribution in [0, 0.1) is 0 Å². The summed E-state index contributed by atoms with van der Waals surface area (Å²) in [5.74, 6) is -0.312. The van der Waals surface area contributed by atoms with E-state index in [1.165, 1.54) is 0 Å². The van der Waals surface area contributed by atoms with Gasteiger partial charge in [0.25, 0.3) is 0 Å². The van der Waals surface area contributed by atoms with Crippen molar-refractivity contribution in [2.75, 3.05) is 18.2 Å². The summed E-state index contributed by atoms with van der Waals surface area (Å²) in [6.07, 6.45) is 0. The molecule has 0 amide bonds. The van der Waals surface area contributed by atoms with Crippen LogP contribution in [0.3, 0.4) is 0 Å². The fourth-order valence-corrected chi connectivity index (χ4v) is 0.789. The summed E-state index contributed by atoms with van der Waals surface area (Å²) < 4.78 is 20.8. The third-order valence-corrected chi connectivity index (χ3v) is 2.05. The maximum atomic E-state index is 10.4. The van der Waals surface area contributed by atoms with Crippen molar-refractivity contribution in [3.8, 4) is 0 Å².